The largest absolute Gasteiger partial charge is 0.480 e. The Morgan fingerprint density at radius 2 is 1.59 bits per heavy atom. The predicted octanol–water partition coefficient (Wildman–Crippen LogP) is 4.08. The van der Waals surface area contributed by atoms with Gasteiger partial charge in [-0.15, -0.1) is 0 Å². The zero-order valence-electron chi connectivity index (χ0n) is 31.8. The van der Waals surface area contributed by atoms with Crippen LogP contribution in [0, 0.1) is 17.0 Å². The van der Waals surface area contributed by atoms with E-state index < -0.39 is 84.2 Å². The van der Waals surface area contributed by atoms with E-state index in [0.717, 1.165) is 28.7 Å². The number of hydrogen-bond donors (Lipinski definition) is 4. The third-order valence-electron chi connectivity index (χ3n) is 9.44. The number of carboxylic acids is 1. The molecule has 15 heteroatoms. The lowest BCUT2D eigenvalue weighted by molar-refractivity contribution is -0.156. The molecule has 0 unspecified atom stereocenters. The van der Waals surface area contributed by atoms with Crippen LogP contribution in [0.15, 0.2) is 85.3 Å². The van der Waals surface area contributed by atoms with Crippen molar-refractivity contribution in [2.75, 3.05) is 20.2 Å². The van der Waals surface area contributed by atoms with Crippen molar-refractivity contribution >= 4 is 29.6 Å². The number of aliphatic hydroxyl groups is 1. The number of pyridine rings is 1. The molecule has 13 nitrogen and oxygen atoms in total. The van der Waals surface area contributed by atoms with Gasteiger partial charge < -0.3 is 35.6 Å². The number of amides is 4. The maximum Gasteiger partial charge on any atom is 0.326 e. The molecule has 298 valence electrons. The van der Waals surface area contributed by atoms with Crippen molar-refractivity contribution in [3.63, 3.8) is 0 Å². The standard InChI is InChI=1S/C41H48F2N6O7/c1-41(2,3)38(34-21-28(30-22-29(42)10-11-31(30)43)24-47(34)23-27-8-6-5-7-9-27)48(37(53)25-50)19-16-32(39(54)45-4)49(33(40(55)56)12-13-35(44)51)36(52)20-26-14-17-46-18-15-26/h5-11,14-15,17-18,21-22,24,32-33,38,50H,12-13,16,19-20,23,25H2,1-4H3,(H2,44,51)(H,45,54)(H,55,56)/t32-,33-,38-/m0/s1. The van der Waals surface area contributed by atoms with Crippen molar-refractivity contribution in [1.82, 2.24) is 24.7 Å². The first-order valence-corrected chi connectivity index (χ1v) is 18.1. The molecule has 2 aromatic carbocycles. The maximum absolute atomic E-state index is 15.2. The topological polar surface area (TPSA) is 188 Å². The molecule has 0 aliphatic carbocycles. The summed E-state index contributed by atoms with van der Waals surface area (Å²) in [7, 11) is 1.32. The lowest BCUT2D eigenvalue weighted by Crippen LogP contribution is -2.57. The van der Waals surface area contributed by atoms with Crippen LogP contribution in [0.5, 0.6) is 0 Å². The van der Waals surface area contributed by atoms with Gasteiger partial charge in [-0.05, 0) is 65.8 Å². The maximum atomic E-state index is 15.2. The Hall–Kier alpha value is -5.96. The molecule has 2 heterocycles. The highest BCUT2D eigenvalue weighted by atomic mass is 19.1. The summed E-state index contributed by atoms with van der Waals surface area (Å²) in [5.74, 6) is -5.83. The molecule has 0 radical (unpaired) electrons. The molecule has 3 atom stereocenters. The summed E-state index contributed by atoms with van der Waals surface area (Å²) < 4.78 is 31.5. The number of likely N-dealkylation sites (N-methyl/N-ethyl adjacent to an activating group) is 1. The van der Waals surface area contributed by atoms with E-state index in [1.54, 1.807) is 24.4 Å². The molecule has 0 saturated heterocycles. The molecule has 2 aromatic heterocycles. The van der Waals surface area contributed by atoms with Gasteiger partial charge in [0.25, 0.3) is 0 Å². The number of nitrogens with two attached hydrogens (primary N) is 1. The van der Waals surface area contributed by atoms with Crippen molar-refractivity contribution in [1.29, 1.82) is 0 Å². The number of carbonyl (C=O) groups excluding carboxylic acids is 4. The lowest BCUT2D eigenvalue weighted by atomic mass is 9.82. The molecule has 4 aromatic rings. The highest BCUT2D eigenvalue weighted by Crippen LogP contribution is 2.41. The van der Waals surface area contributed by atoms with Crippen LogP contribution in [0.4, 0.5) is 8.78 Å². The number of halogens is 2. The minimum Gasteiger partial charge on any atom is -0.480 e. The number of primary amides is 1. The van der Waals surface area contributed by atoms with Gasteiger partial charge in [-0.2, -0.15) is 0 Å². The predicted molar refractivity (Wildman–Crippen MR) is 203 cm³/mol. The van der Waals surface area contributed by atoms with Crippen LogP contribution in [-0.2, 0) is 36.9 Å². The van der Waals surface area contributed by atoms with Gasteiger partial charge in [0.1, 0.15) is 30.3 Å². The number of carbonyl (C=O) groups is 5. The molecule has 4 amide bonds. The van der Waals surface area contributed by atoms with Gasteiger partial charge in [-0.25, -0.2) is 13.6 Å². The first-order valence-electron chi connectivity index (χ1n) is 18.1. The molecule has 56 heavy (non-hydrogen) atoms. The van der Waals surface area contributed by atoms with E-state index in [2.05, 4.69) is 10.3 Å². The monoisotopic (exact) mass is 774 g/mol. The van der Waals surface area contributed by atoms with Crippen molar-refractivity contribution in [2.45, 2.75) is 71.1 Å². The minimum atomic E-state index is -1.66. The van der Waals surface area contributed by atoms with Gasteiger partial charge >= 0.3 is 5.97 Å². The molecule has 0 saturated carbocycles. The minimum absolute atomic E-state index is 0.00976. The van der Waals surface area contributed by atoms with Crippen molar-refractivity contribution < 1.29 is 43.0 Å². The number of aliphatic carboxylic acids is 1. The van der Waals surface area contributed by atoms with Crippen LogP contribution in [0.2, 0.25) is 0 Å². The Balaban J connectivity index is 1.86. The first-order chi connectivity index (χ1) is 26.5. The average Bonchev–Trinajstić information content (AvgIpc) is 3.55. The summed E-state index contributed by atoms with van der Waals surface area (Å²) in [4.78, 5) is 72.4. The van der Waals surface area contributed by atoms with Crippen molar-refractivity contribution in [3.8, 4) is 11.1 Å². The number of rotatable bonds is 18. The van der Waals surface area contributed by atoms with Crippen LogP contribution >= 0.6 is 0 Å². The van der Waals surface area contributed by atoms with E-state index in [1.807, 2.05) is 55.7 Å². The van der Waals surface area contributed by atoms with Gasteiger partial charge in [0, 0.05) is 62.0 Å². The second kappa shape index (κ2) is 19.1. The van der Waals surface area contributed by atoms with Crippen LogP contribution in [-0.4, -0.2) is 91.4 Å². The Kier molecular flexibility index (Phi) is 14.6. The number of benzene rings is 2. The molecule has 0 spiro atoms. The second-order valence-electron chi connectivity index (χ2n) is 14.5. The van der Waals surface area contributed by atoms with E-state index >= 15 is 4.39 Å². The molecule has 4 rings (SSSR count). The first kappa shape index (κ1) is 42.8. The van der Waals surface area contributed by atoms with E-state index in [4.69, 9.17) is 5.73 Å². The van der Waals surface area contributed by atoms with E-state index in [0.29, 0.717) is 16.8 Å². The third kappa shape index (κ3) is 10.8. The summed E-state index contributed by atoms with van der Waals surface area (Å²) in [5.41, 5.74) is 6.72. The van der Waals surface area contributed by atoms with Gasteiger partial charge in [0.05, 0.1) is 12.5 Å². The molecule has 5 N–H and O–H groups in total. The van der Waals surface area contributed by atoms with E-state index in [1.165, 1.54) is 24.3 Å². The molecule has 0 fully saturated rings. The van der Waals surface area contributed by atoms with Crippen molar-refractivity contribution in [2.24, 2.45) is 11.1 Å². The van der Waals surface area contributed by atoms with Gasteiger partial charge in [-0.3, -0.25) is 24.2 Å². The Labute approximate surface area is 324 Å². The molecule has 0 aliphatic heterocycles. The zero-order chi connectivity index (χ0) is 41.2. The fraction of sp³-hybridized carbons (Fsp3) is 0.366. The molecular weight excluding hydrogens is 726 g/mol. The lowest BCUT2D eigenvalue weighted by Gasteiger charge is -2.42. The SMILES string of the molecule is CNC(=O)[C@H](CCN(C(=O)CO)[C@@H](c1cc(-c2cc(F)ccc2F)cn1Cc1ccccc1)C(C)(C)C)N(C(=O)Cc1ccncc1)[C@@H](CCC(N)=O)C(=O)O. The van der Waals surface area contributed by atoms with Gasteiger partial charge in [0.15, 0.2) is 0 Å². The number of nitrogens with one attached hydrogen (secondary N) is 1. The van der Waals surface area contributed by atoms with Crippen LogP contribution in [0.3, 0.4) is 0 Å². The highest BCUT2D eigenvalue weighted by Gasteiger charge is 2.41. The Bertz CT molecular complexity index is 2000. The van der Waals surface area contributed by atoms with E-state index in [-0.39, 0.29) is 31.5 Å². The van der Waals surface area contributed by atoms with Crippen molar-refractivity contribution in [3.05, 3.63) is 114 Å². The Morgan fingerprint density at radius 1 is 0.911 bits per heavy atom. The van der Waals surface area contributed by atoms with E-state index in [9.17, 15) is 38.6 Å². The number of aromatic nitrogens is 2. The van der Waals surface area contributed by atoms with Gasteiger partial charge in [-0.1, -0.05) is 51.1 Å². The fourth-order valence-electron chi connectivity index (χ4n) is 6.92. The average molecular weight is 775 g/mol. The fourth-order valence-corrected chi connectivity index (χ4v) is 6.92. The zero-order valence-corrected chi connectivity index (χ0v) is 31.8. The Morgan fingerprint density at radius 3 is 2.18 bits per heavy atom. The van der Waals surface area contributed by atoms with Crippen LogP contribution < -0.4 is 11.1 Å². The molecule has 0 bridgehead atoms. The normalized spacial score (nSPS) is 13.0. The highest BCUT2D eigenvalue weighted by molar-refractivity contribution is 5.92. The van der Waals surface area contributed by atoms with Crippen LogP contribution in [0.1, 0.15) is 62.9 Å². The quantitative estimate of drug-likeness (QED) is 0.116. The number of carboxylic acid groups (broad SMARTS) is 1. The summed E-state index contributed by atoms with van der Waals surface area (Å²) in [6.45, 7) is 4.59. The summed E-state index contributed by atoms with van der Waals surface area (Å²) in [6.07, 6.45) is 3.16. The smallest absolute Gasteiger partial charge is 0.326 e. The van der Waals surface area contributed by atoms with Crippen LogP contribution in [0.25, 0.3) is 11.1 Å². The van der Waals surface area contributed by atoms with Gasteiger partial charge in [0.2, 0.25) is 23.6 Å². The number of hydrogen-bond acceptors (Lipinski definition) is 7. The second-order valence-corrected chi connectivity index (χ2v) is 14.5. The number of aliphatic hydroxyl groups excluding tert-OH is 1. The summed E-state index contributed by atoms with van der Waals surface area (Å²) in [5, 5.41) is 23.2. The molecular formula is C41H48F2N6O7. The summed E-state index contributed by atoms with van der Waals surface area (Å²) >= 11 is 0. The third-order valence-corrected chi connectivity index (χ3v) is 9.44. The summed E-state index contributed by atoms with van der Waals surface area (Å²) in [6, 6.07) is 13.2. The number of nitrogens with zero attached hydrogens (tertiary/aromatic N) is 4. The molecule has 0 aliphatic rings.